The van der Waals surface area contributed by atoms with Gasteiger partial charge in [-0.25, -0.2) is 0 Å². The summed E-state index contributed by atoms with van der Waals surface area (Å²) in [4.78, 5) is 0. The van der Waals surface area contributed by atoms with Gasteiger partial charge >= 0.3 is 0 Å². The molecule has 0 aliphatic rings. The van der Waals surface area contributed by atoms with Crippen molar-refractivity contribution in [2.75, 3.05) is 6.54 Å². The third-order valence-electron chi connectivity index (χ3n) is 1.71. The summed E-state index contributed by atoms with van der Waals surface area (Å²) in [5.74, 6) is 0. The molecule has 1 rings (SSSR count). The molecule has 0 radical (unpaired) electrons. The summed E-state index contributed by atoms with van der Waals surface area (Å²) in [5.41, 5.74) is 1.21. The number of aliphatic hydroxyl groups is 1. The first-order chi connectivity index (χ1) is 6.20. The quantitative estimate of drug-likeness (QED) is 0.848. The summed E-state index contributed by atoms with van der Waals surface area (Å²) < 4.78 is 1.10. The normalized spacial score (nSPS) is 12.8. The maximum absolute atomic E-state index is 9.03. The Balaban J connectivity index is 2.41. The van der Waals surface area contributed by atoms with Crippen LogP contribution in [0, 0.1) is 0 Å². The Morgan fingerprint density at radius 3 is 2.77 bits per heavy atom. The molecule has 0 aromatic heterocycles. The second-order valence-corrected chi connectivity index (χ2v) is 3.93. The highest BCUT2D eigenvalue weighted by Gasteiger charge is 1.98. The second kappa shape index (κ2) is 5.37. The van der Waals surface area contributed by atoms with Crippen LogP contribution in [0.25, 0.3) is 0 Å². The van der Waals surface area contributed by atoms with E-state index >= 15 is 0 Å². The van der Waals surface area contributed by atoms with E-state index in [1.54, 1.807) is 6.92 Å². The van der Waals surface area contributed by atoms with Gasteiger partial charge < -0.3 is 10.4 Å². The Morgan fingerprint density at radius 2 is 2.15 bits per heavy atom. The zero-order valence-electron chi connectivity index (χ0n) is 7.63. The molecule has 0 aliphatic heterocycles. The lowest BCUT2D eigenvalue weighted by Gasteiger charge is -2.07. The van der Waals surface area contributed by atoms with Gasteiger partial charge in [-0.2, -0.15) is 0 Å². The predicted molar refractivity (Wildman–Crippen MR) is 57.5 cm³/mol. The Hall–Kier alpha value is -0.380. The van der Waals surface area contributed by atoms with Crippen molar-refractivity contribution in [1.29, 1.82) is 0 Å². The molecule has 1 aromatic rings. The van der Waals surface area contributed by atoms with E-state index < -0.39 is 0 Å². The largest absolute Gasteiger partial charge is 0.392 e. The number of rotatable bonds is 4. The molecule has 72 valence electrons. The van der Waals surface area contributed by atoms with E-state index in [4.69, 9.17) is 5.11 Å². The summed E-state index contributed by atoms with van der Waals surface area (Å²) in [6.45, 7) is 3.18. The molecule has 3 heteroatoms. The minimum atomic E-state index is -0.289. The summed E-state index contributed by atoms with van der Waals surface area (Å²) in [5, 5.41) is 12.2. The van der Waals surface area contributed by atoms with Crippen LogP contribution in [0.4, 0.5) is 0 Å². The van der Waals surface area contributed by atoms with Crippen LogP contribution >= 0.6 is 15.9 Å². The zero-order chi connectivity index (χ0) is 9.68. The first-order valence-electron chi connectivity index (χ1n) is 4.32. The Morgan fingerprint density at radius 1 is 1.46 bits per heavy atom. The van der Waals surface area contributed by atoms with E-state index in [0.29, 0.717) is 6.54 Å². The molecule has 0 amide bonds. The molecule has 1 atom stereocenters. The second-order valence-electron chi connectivity index (χ2n) is 3.07. The van der Waals surface area contributed by atoms with E-state index in [1.165, 1.54) is 5.56 Å². The Labute approximate surface area is 87.1 Å². The number of hydrogen-bond donors (Lipinski definition) is 2. The molecule has 0 saturated heterocycles. The van der Waals surface area contributed by atoms with Crippen LogP contribution < -0.4 is 5.32 Å². The number of aliphatic hydroxyl groups excluding tert-OH is 1. The monoisotopic (exact) mass is 243 g/mol. The van der Waals surface area contributed by atoms with E-state index in [1.807, 2.05) is 18.2 Å². The SMILES string of the molecule is C[C@@H](O)CNCc1ccccc1Br. The van der Waals surface area contributed by atoms with Gasteiger partial charge in [-0.1, -0.05) is 34.1 Å². The summed E-state index contributed by atoms with van der Waals surface area (Å²) in [6.07, 6.45) is -0.289. The fourth-order valence-electron chi connectivity index (χ4n) is 1.06. The highest BCUT2D eigenvalue weighted by molar-refractivity contribution is 9.10. The fraction of sp³-hybridized carbons (Fsp3) is 0.400. The van der Waals surface area contributed by atoms with Gasteiger partial charge in [0.15, 0.2) is 0 Å². The van der Waals surface area contributed by atoms with Crippen LogP contribution in [0.3, 0.4) is 0 Å². The van der Waals surface area contributed by atoms with Gasteiger partial charge in [-0.15, -0.1) is 0 Å². The fourth-order valence-corrected chi connectivity index (χ4v) is 1.48. The van der Waals surface area contributed by atoms with Crippen molar-refractivity contribution in [3.63, 3.8) is 0 Å². The van der Waals surface area contributed by atoms with Gasteiger partial charge in [0.25, 0.3) is 0 Å². The van der Waals surface area contributed by atoms with Crippen molar-refractivity contribution in [3.8, 4) is 0 Å². The van der Waals surface area contributed by atoms with Crippen molar-refractivity contribution in [3.05, 3.63) is 34.3 Å². The van der Waals surface area contributed by atoms with E-state index in [-0.39, 0.29) is 6.10 Å². The molecule has 0 saturated carbocycles. The molecule has 1 aromatic carbocycles. The predicted octanol–water partition coefficient (Wildman–Crippen LogP) is 1.92. The minimum Gasteiger partial charge on any atom is -0.392 e. The molecular weight excluding hydrogens is 230 g/mol. The van der Waals surface area contributed by atoms with Crippen LogP contribution in [0.1, 0.15) is 12.5 Å². The molecule has 0 aliphatic carbocycles. The van der Waals surface area contributed by atoms with E-state index in [2.05, 4.69) is 27.3 Å². The average molecular weight is 244 g/mol. The van der Waals surface area contributed by atoms with Crippen LogP contribution in [0.5, 0.6) is 0 Å². The molecule has 0 unspecified atom stereocenters. The maximum atomic E-state index is 9.03. The number of hydrogen-bond acceptors (Lipinski definition) is 2. The van der Waals surface area contributed by atoms with Crippen molar-refractivity contribution in [2.45, 2.75) is 19.6 Å². The van der Waals surface area contributed by atoms with Gasteiger partial charge in [-0.3, -0.25) is 0 Å². The Kier molecular flexibility index (Phi) is 4.42. The molecule has 2 N–H and O–H groups in total. The highest BCUT2D eigenvalue weighted by atomic mass is 79.9. The standard InChI is InChI=1S/C10H14BrNO/c1-8(13)6-12-7-9-4-2-3-5-10(9)11/h2-5,8,12-13H,6-7H2,1H3/t8-/m1/s1. The maximum Gasteiger partial charge on any atom is 0.0636 e. The van der Waals surface area contributed by atoms with Gasteiger partial charge in [0, 0.05) is 17.6 Å². The van der Waals surface area contributed by atoms with Crippen LogP contribution in [-0.4, -0.2) is 17.8 Å². The minimum absolute atomic E-state index is 0.289. The molecule has 13 heavy (non-hydrogen) atoms. The lowest BCUT2D eigenvalue weighted by molar-refractivity contribution is 0.191. The van der Waals surface area contributed by atoms with E-state index in [9.17, 15) is 0 Å². The summed E-state index contributed by atoms with van der Waals surface area (Å²) in [7, 11) is 0. The third-order valence-corrected chi connectivity index (χ3v) is 2.49. The molecule has 2 nitrogen and oxygen atoms in total. The van der Waals surface area contributed by atoms with Crippen molar-refractivity contribution in [1.82, 2.24) is 5.32 Å². The molecule has 0 bridgehead atoms. The number of nitrogens with one attached hydrogen (secondary N) is 1. The topological polar surface area (TPSA) is 32.3 Å². The zero-order valence-corrected chi connectivity index (χ0v) is 9.21. The van der Waals surface area contributed by atoms with Crippen LogP contribution in [0.15, 0.2) is 28.7 Å². The number of halogens is 1. The molecule has 0 fully saturated rings. The van der Waals surface area contributed by atoms with Crippen LogP contribution in [-0.2, 0) is 6.54 Å². The van der Waals surface area contributed by atoms with Crippen LogP contribution in [0.2, 0.25) is 0 Å². The van der Waals surface area contributed by atoms with E-state index in [0.717, 1.165) is 11.0 Å². The average Bonchev–Trinajstić information content (AvgIpc) is 2.08. The van der Waals surface area contributed by atoms with Crippen molar-refractivity contribution >= 4 is 15.9 Å². The number of benzene rings is 1. The lowest BCUT2D eigenvalue weighted by atomic mass is 10.2. The third kappa shape index (κ3) is 3.89. The van der Waals surface area contributed by atoms with Gasteiger partial charge in [-0.05, 0) is 18.6 Å². The first-order valence-corrected chi connectivity index (χ1v) is 5.11. The smallest absolute Gasteiger partial charge is 0.0636 e. The van der Waals surface area contributed by atoms with Crippen molar-refractivity contribution in [2.24, 2.45) is 0 Å². The lowest BCUT2D eigenvalue weighted by Crippen LogP contribution is -2.23. The summed E-state index contributed by atoms with van der Waals surface area (Å²) >= 11 is 3.46. The summed E-state index contributed by atoms with van der Waals surface area (Å²) in [6, 6.07) is 8.06. The van der Waals surface area contributed by atoms with Gasteiger partial charge in [0.1, 0.15) is 0 Å². The van der Waals surface area contributed by atoms with Crippen molar-refractivity contribution < 1.29 is 5.11 Å². The molecule has 0 spiro atoms. The highest BCUT2D eigenvalue weighted by Crippen LogP contribution is 2.14. The Bertz CT molecular complexity index is 263. The first kappa shape index (κ1) is 10.7. The molecular formula is C10H14BrNO. The van der Waals surface area contributed by atoms with Gasteiger partial charge in [0.2, 0.25) is 0 Å². The van der Waals surface area contributed by atoms with Gasteiger partial charge in [0.05, 0.1) is 6.10 Å². The molecule has 0 heterocycles.